The average molecular weight is 205 g/mol. The van der Waals surface area contributed by atoms with Crippen LogP contribution in [0.5, 0.6) is 0 Å². The second kappa shape index (κ2) is 5.89. The number of nitrogens with zero attached hydrogens (tertiary/aromatic N) is 1. The van der Waals surface area contributed by atoms with Gasteiger partial charge in [-0.25, -0.2) is 0 Å². The van der Waals surface area contributed by atoms with Crippen LogP contribution in [-0.2, 0) is 0 Å². The van der Waals surface area contributed by atoms with Gasteiger partial charge in [-0.3, -0.25) is 4.98 Å². The first-order chi connectivity index (χ1) is 7.20. The lowest BCUT2D eigenvalue weighted by molar-refractivity contribution is 0.323. The monoisotopic (exact) mass is 205 g/mol. The topological polar surface area (TPSA) is 12.9 Å². The van der Waals surface area contributed by atoms with Crippen LogP contribution in [0.25, 0.3) is 0 Å². The molecular weight excluding hydrogens is 182 g/mol. The number of aromatic nitrogens is 1. The van der Waals surface area contributed by atoms with Crippen LogP contribution < -0.4 is 0 Å². The molecule has 0 radical (unpaired) electrons. The molecule has 1 nitrogen and oxygen atoms in total. The maximum Gasteiger partial charge on any atom is 0.0439 e. The fourth-order valence-corrected chi connectivity index (χ4v) is 2.22. The highest BCUT2D eigenvalue weighted by Crippen LogP contribution is 2.34. The van der Waals surface area contributed by atoms with Gasteiger partial charge in [0.05, 0.1) is 0 Å². The number of hydrogen-bond donors (Lipinski definition) is 0. The molecule has 1 aromatic heterocycles. The molecule has 0 aliphatic heterocycles. The van der Waals surface area contributed by atoms with Crippen molar-refractivity contribution >= 4 is 0 Å². The second-order valence-electron chi connectivity index (χ2n) is 4.55. The highest BCUT2D eigenvalue weighted by Gasteiger charge is 2.23. The molecule has 1 heterocycles. The highest BCUT2D eigenvalue weighted by atomic mass is 14.7. The number of hydrogen-bond acceptors (Lipinski definition) is 1. The lowest BCUT2D eigenvalue weighted by Crippen LogP contribution is -2.18. The van der Waals surface area contributed by atoms with E-state index >= 15 is 0 Å². The number of rotatable bonds is 5. The Morgan fingerprint density at radius 2 is 1.67 bits per heavy atom. The molecule has 0 saturated carbocycles. The van der Waals surface area contributed by atoms with Gasteiger partial charge in [-0.05, 0) is 24.0 Å². The molecule has 0 saturated heterocycles. The second-order valence-corrected chi connectivity index (χ2v) is 4.55. The maximum atomic E-state index is 4.52. The van der Waals surface area contributed by atoms with Crippen molar-refractivity contribution in [3.8, 4) is 0 Å². The molecule has 0 bridgehead atoms. The summed E-state index contributed by atoms with van der Waals surface area (Å²) in [6, 6.07) is 6.26. The largest absolute Gasteiger partial charge is 0.261 e. The first-order valence-corrected chi connectivity index (χ1v) is 6.11. The predicted octanol–water partition coefficient (Wildman–Crippen LogP) is 4.26. The van der Waals surface area contributed by atoms with Crippen molar-refractivity contribution in [2.45, 2.75) is 46.5 Å². The molecule has 0 aliphatic rings. The van der Waals surface area contributed by atoms with Gasteiger partial charge in [0.15, 0.2) is 0 Å². The minimum atomic E-state index is 0.612. The van der Waals surface area contributed by atoms with Crippen LogP contribution in [-0.4, -0.2) is 4.98 Å². The third kappa shape index (κ3) is 3.05. The van der Waals surface area contributed by atoms with Gasteiger partial charge in [-0.2, -0.15) is 0 Å². The highest BCUT2D eigenvalue weighted by molar-refractivity contribution is 5.11. The van der Waals surface area contributed by atoms with Crippen LogP contribution >= 0.6 is 0 Å². The van der Waals surface area contributed by atoms with Gasteiger partial charge in [0.1, 0.15) is 0 Å². The summed E-state index contributed by atoms with van der Waals surface area (Å²) in [5.74, 6) is 2.05. The molecule has 0 aromatic carbocycles. The summed E-state index contributed by atoms with van der Waals surface area (Å²) < 4.78 is 0. The van der Waals surface area contributed by atoms with Crippen LogP contribution in [0.3, 0.4) is 0 Å². The van der Waals surface area contributed by atoms with Crippen LogP contribution in [0.4, 0.5) is 0 Å². The third-order valence-corrected chi connectivity index (χ3v) is 3.54. The van der Waals surface area contributed by atoms with Crippen molar-refractivity contribution in [2.75, 3.05) is 0 Å². The molecule has 0 amide bonds. The summed E-state index contributed by atoms with van der Waals surface area (Å²) in [7, 11) is 0. The van der Waals surface area contributed by atoms with Crippen LogP contribution in [0.2, 0.25) is 0 Å². The van der Waals surface area contributed by atoms with E-state index in [-0.39, 0.29) is 0 Å². The van der Waals surface area contributed by atoms with E-state index in [2.05, 4.69) is 44.8 Å². The van der Waals surface area contributed by atoms with E-state index in [1.807, 2.05) is 12.3 Å². The fraction of sp³-hybridized carbons (Fsp3) is 0.643. The first-order valence-electron chi connectivity index (χ1n) is 6.11. The van der Waals surface area contributed by atoms with Gasteiger partial charge in [-0.1, -0.05) is 46.6 Å². The van der Waals surface area contributed by atoms with Gasteiger partial charge < -0.3 is 0 Å². The van der Waals surface area contributed by atoms with E-state index in [9.17, 15) is 0 Å². The summed E-state index contributed by atoms with van der Waals surface area (Å²) in [5.41, 5.74) is 1.27. The molecule has 15 heavy (non-hydrogen) atoms. The zero-order chi connectivity index (χ0) is 11.3. The quantitative estimate of drug-likeness (QED) is 0.700. The van der Waals surface area contributed by atoms with Crippen LogP contribution in [0.1, 0.15) is 52.1 Å². The van der Waals surface area contributed by atoms with Crippen molar-refractivity contribution in [3.63, 3.8) is 0 Å². The van der Waals surface area contributed by atoms with Crippen molar-refractivity contribution in [3.05, 3.63) is 30.1 Å². The van der Waals surface area contributed by atoms with Gasteiger partial charge in [0, 0.05) is 17.8 Å². The van der Waals surface area contributed by atoms with Gasteiger partial charge in [0.2, 0.25) is 0 Å². The Balaban J connectivity index is 2.91. The lowest BCUT2D eigenvalue weighted by atomic mass is 9.78. The summed E-state index contributed by atoms with van der Waals surface area (Å²) >= 11 is 0. The maximum absolute atomic E-state index is 4.52. The van der Waals surface area contributed by atoms with E-state index in [0.717, 1.165) is 11.8 Å². The molecule has 0 aliphatic carbocycles. The molecule has 1 aromatic rings. The Morgan fingerprint density at radius 3 is 2.07 bits per heavy atom. The molecule has 84 valence electrons. The summed E-state index contributed by atoms with van der Waals surface area (Å²) in [6.07, 6.45) is 4.37. The molecule has 2 atom stereocenters. The van der Waals surface area contributed by atoms with Crippen LogP contribution in [0.15, 0.2) is 24.4 Å². The summed E-state index contributed by atoms with van der Waals surface area (Å²) in [4.78, 5) is 4.52. The zero-order valence-electron chi connectivity index (χ0n) is 10.4. The molecule has 2 unspecified atom stereocenters. The SMILES string of the molecule is CCC(C)C(c1ccccn1)C(C)CC. The standard InChI is InChI=1S/C14H23N/c1-5-11(3)14(12(4)6-2)13-9-7-8-10-15-13/h7-12,14H,5-6H2,1-4H3. The van der Waals surface area contributed by atoms with E-state index in [4.69, 9.17) is 0 Å². The normalized spacial score (nSPS) is 17.1. The molecule has 1 heteroatoms. The Hall–Kier alpha value is -0.850. The summed E-state index contributed by atoms with van der Waals surface area (Å²) in [5, 5.41) is 0. The van der Waals surface area contributed by atoms with E-state index in [0.29, 0.717) is 5.92 Å². The molecular formula is C14H23N. The zero-order valence-corrected chi connectivity index (χ0v) is 10.4. The van der Waals surface area contributed by atoms with Crippen LogP contribution in [0, 0.1) is 11.8 Å². The van der Waals surface area contributed by atoms with E-state index in [1.54, 1.807) is 0 Å². The Bertz CT molecular complexity index is 258. The van der Waals surface area contributed by atoms with E-state index in [1.165, 1.54) is 18.5 Å². The van der Waals surface area contributed by atoms with E-state index < -0.39 is 0 Å². The number of pyridine rings is 1. The molecule has 0 N–H and O–H groups in total. The molecule has 0 fully saturated rings. The van der Waals surface area contributed by atoms with Gasteiger partial charge in [0.25, 0.3) is 0 Å². The lowest BCUT2D eigenvalue weighted by Gasteiger charge is -2.27. The molecule has 0 spiro atoms. The smallest absolute Gasteiger partial charge is 0.0439 e. The minimum absolute atomic E-state index is 0.612. The minimum Gasteiger partial charge on any atom is -0.261 e. The van der Waals surface area contributed by atoms with Gasteiger partial charge in [-0.15, -0.1) is 0 Å². The Kier molecular flexibility index (Phi) is 4.80. The van der Waals surface area contributed by atoms with Crippen molar-refractivity contribution in [1.29, 1.82) is 0 Å². The average Bonchev–Trinajstić information content (AvgIpc) is 2.30. The predicted molar refractivity (Wildman–Crippen MR) is 65.9 cm³/mol. The van der Waals surface area contributed by atoms with Crippen molar-refractivity contribution in [1.82, 2.24) is 4.98 Å². The fourth-order valence-electron chi connectivity index (χ4n) is 2.22. The first kappa shape index (κ1) is 12.2. The Labute approximate surface area is 93.9 Å². The van der Waals surface area contributed by atoms with Gasteiger partial charge >= 0.3 is 0 Å². The van der Waals surface area contributed by atoms with Crippen molar-refractivity contribution < 1.29 is 0 Å². The Morgan fingerprint density at radius 1 is 1.07 bits per heavy atom. The molecule has 1 rings (SSSR count). The third-order valence-electron chi connectivity index (χ3n) is 3.54. The van der Waals surface area contributed by atoms with Crippen molar-refractivity contribution in [2.24, 2.45) is 11.8 Å². The summed E-state index contributed by atoms with van der Waals surface area (Å²) in [6.45, 7) is 9.21.